The molecule has 1 fully saturated rings. The Labute approximate surface area is 114 Å². The Bertz CT molecular complexity index is 407. The van der Waals surface area contributed by atoms with E-state index in [-0.39, 0.29) is 5.41 Å². The third kappa shape index (κ3) is 3.33. The van der Waals surface area contributed by atoms with Gasteiger partial charge in [-0.2, -0.15) is 0 Å². The summed E-state index contributed by atoms with van der Waals surface area (Å²) in [5.74, 6) is 0.644. The zero-order chi connectivity index (χ0) is 13.4. The second-order valence-corrected chi connectivity index (χ2v) is 7.92. The second kappa shape index (κ2) is 4.93. The molecule has 0 bridgehead atoms. The first-order valence-corrected chi connectivity index (χ1v) is 7.84. The lowest BCUT2D eigenvalue weighted by molar-refractivity contribution is -0.0124. The van der Waals surface area contributed by atoms with Gasteiger partial charge in [-0.25, -0.2) is 4.98 Å². The lowest BCUT2D eigenvalue weighted by Crippen LogP contribution is -2.36. The maximum atomic E-state index is 10.7. The van der Waals surface area contributed by atoms with Crippen molar-refractivity contribution in [2.75, 3.05) is 0 Å². The van der Waals surface area contributed by atoms with Crippen LogP contribution in [-0.4, -0.2) is 15.7 Å². The van der Waals surface area contributed by atoms with E-state index in [1.165, 1.54) is 6.42 Å². The molecular formula is C15H25NOS. The van der Waals surface area contributed by atoms with E-state index in [9.17, 15) is 5.11 Å². The summed E-state index contributed by atoms with van der Waals surface area (Å²) in [5, 5.41) is 13.9. The topological polar surface area (TPSA) is 33.1 Å². The summed E-state index contributed by atoms with van der Waals surface area (Å²) < 4.78 is 0. The number of aliphatic hydroxyl groups is 1. The molecule has 1 aliphatic rings. The summed E-state index contributed by atoms with van der Waals surface area (Å²) in [5.41, 5.74) is 0.747. The number of nitrogens with zero attached hydrogens (tertiary/aromatic N) is 1. The zero-order valence-electron chi connectivity index (χ0n) is 12.0. The molecule has 18 heavy (non-hydrogen) atoms. The van der Waals surface area contributed by atoms with Gasteiger partial charge in [-0.3, -0.25) is 0 Å². The Morgan fingerprint density at radius 3 is 2.78 bits per heavy atom. The number of aromatic nitrogens is 1. The number of hydrogen-bond donors (Lipinski definition) is 1. The lowest BCUT2D eigenvalue weighted by atomic mass is 9.77. The van der Waals surface area contributed by atoms with Gasteiger partial charge in [0.15, 0.2) is 0 Å². The highest BCUT2D eigenvalue weighted by atomic mass is 32.1. The van der Waals surface area contributed by atoms with E-state index in [0.29, 0.717) is 5.92 Å². The zero-order valence-corrected chi connectivity index (χ0v) is 12.8. The van der Waals surface area contributed by atoms with Gasteiger partial charge in [-0.05, 0) is 18.8 Å². The molecule has 2 rings (SSSR count). The molecule has 0 amide bonds. The smallest absolute Gasteiger partial charge is 0.0957 e. The van der Waals surface area contributed by atoms with Crippen LogP contribution in [0.5, 0.6) is 0 Å². The Kier molecular flexibility index (Phi) is 3.84. The van der Waals surface area contributed by atoms with Crippen LogP contribution in [0.25, 0.3) is 0 Å². The summed E-state index contributed by atoms with van der Waals surface area (Å²) in [6, 6.07) is 0. The minimum absolute atomic E-state index is 0.108. The molecule has 1 saturated carbocycles. The molecule has 2 atom stereocenters. The van der Waals surface area contributed by atoms with Crippen LogP contribution in [0.1, 0.15) is 64.1 Å². The molecule has 1 N–H and O–H groups in total. The van der Waals surface area contributed by atoms with E-state index in [1.54, 1.807) is 11.3 Å². The molecular weight excluding hydrogens is 242 g/mol. The predicted octanol–water partition coefficient (Wildman–Crippen LogP) is 3.92. The van der Waals surface area contributed by atoms with E-state index in [2.05, 4.69) is 33.1 Å². The van der Waals surface area contributed by atoms with Crippen molar-refractivity contribution in [3.8, 4) is 0 Å². The van der Waals surface area contributed by atoms with Crippen LogP contribution in [0.15, 0.2) is 5.38 Å². The van der Waals surface area contributed by atoms with Crippen molar-refractivity contribution < 1.29 is 5.11 Å². The van der Waals surface area contributed by atoms with Crippen LogP contribution in [0.2, 0.25) is 0 Å². The molecule has 0 aromatic carbocycles. The Morgan fingerprint density at radius 2 is 2.22 bits per heavy atom. The van der Waals surface area contributed by atoms with E-state index < -0.39 is 5.60 Å². The van der Waals surface area contributed by atoms with Gasteiger partial charge in [0.05, 0.1) is 16.3 Å². The fourth-order valence-corrected chi connectivity index (χ4v) is 3.97. The molecule has 0 spiro atoms. The second-order valence-electron chi connectivity index (χ2n) is 6.98. The standard InChI is InChI=1S/C15H25NOS/c1-11-6-5-7-15(17,8-11)9-13-16-12(10-18-13)14(2,3)4/h10-11,17H,5-9H2,1-4H3. The van der Waals surface area contributed by atoms with Crippen molar-refractivity contribution in [1.29, 1.82) is 0 Å². The van der Waals surface area contributed by atoms with Crippen LogP contribution < -0.4 is 0 Å². The Balaban J connectivity index is 2.07. The van der Waals surface area contributed by atoms with Gasteiger partial charge < -0.3 is 5.11 Å². The number of hydrogen-bond acceptors (Lipinski definition) is 3. The fourth-order valence-electron chi connectivity index (χ4n) is 2.81. The van der Waals surface area contributed by atoms with Gasteiger partial charge >= 0.3 is 0 Å². The van der Waals surface area contributed by atoms with Crippen molar-refractivity contribution in [2.45, 2.75) is 70.8 Å². The molecule has 1 aromatic heterocycles. The van der Waals surface area contributed by atoms with Gasteiger partial charge in [0.2, 0.25) is 0 Å². The number of thiazole rings is 1. The molecule has 0 aliphatic heterocycles. The van der Waals surface area contributed by atoms with Gasteiger partial charge in [0, 0.05) is 17.2 Å². The molecule has 3 heteroatoms. The third-order valence-electron chi connectivity index (χ3n) is 3.87. The first-order valence-electron chi connectivity index (χ1n) is 6.96. The number of rotatable bonds is 2. The van der Waals surface area contributed by atoms with Crippen molar-refractivity contribution >= 4 is 11.3 Å². The first kappa shape index (κ1) is 14.0. The van der Waals surface area contributed by atoms with E-state index in [1.807, 2.05) is 0 Å². The largest absolute Gasteiger partial charge is 0.389 e. The summed E-state index contributed by atoms with van der Waals surface area (Å²) in [6.07, 6.45) is 5.00. The third-order valence-corrected chi connectivity index (χ3v) is 4.72. The maximum Gasteiger partial charge on any atom is 0.0957 e. The van der Waals surface area contributed by atoms with E-state index >= 15 is 0 Å². The van der Waals surface area contributed by atoms with Crippen LogP contribution in [0.4, 0.5) is 0 Å². The predicted molar refractivity (Wildman–Crippen MR) is 77.1 cm³/mol. The lowest BCUT2D eigenvalue weighted by Gasteiger charge is -2.35. The van der Waals surface area contributed by atoms with Gasteiger partial charge in [-0.1, -0.05) is 40.5 Å². The highest BCUT2D eigenvalue weighted by Gasteiger charge is 2.33. The monoisotopic (exact) mass is 267 g/mol. The van der Waals surface area contributed by atoms with Crippen molar-refractivity contribution in [3.05, 3.63) is 16.1 Å². The maximum absolute atomic E-state index is 10.7. The average Bonchev–Trinajstić information content (AvgIpc) is 2.64. The van der Waals surface area contributed by atoms with Gasteiger partial charge in [0.1, 0.15) is 0 Å². The minimum Gasteiger partial charge on any atom is -0.389 e. The van der Waals surface area contributed by atoms with Crippen LogP contribution in [-0.2, 0) is 11.8 Å². The fraction of sp³-hybridized carbons (Fsp3) is 0.800. The molecule has 2 unspecified atom stereocenters. The van der Waals surface area contributed by atoms with Crippen molar-refractivity contribution in [2.24, 2.45) is 5.92 Å². The summed E-state index contributed by atoms with van der Waals surface area (Å²) in [6.45, 7) is 8.79. The summed E-state index contributed by atoms with van der Waals surface area (Å²) in [7, 11) is 0. The van der Waals surface area contributed by atoms with Crippen molar-refractivity contribution in [3.63, 3.8) is 0 Å². The normalized spacial score (nSPS) is 29.5. The molecule has 0 radical (unpaired) electrons. The molecule has 1 heterocycles. The highest BCUT2D eigenvalue weighted by Crippen LogP contribution is 2.35. The molecule has 102 valence electrons. The van der Waals surface area contributed by atoms with Gasteiger partial charge in [0.25, 0.3) is 0 Å². The van der Waals surface area contributed by atoms with E-state index in [4.69, 9.17) is 4.98 Å². The van der Waals surface area contributed by atoms with E-state index in [0.717, 1.165) is 36.4 Å². The Hall–Kier alpha value is -0.410. The summed E-state index contributed by atoms with van der Waals surface area (Å²) >= 11 is 1.70. The molecule has 0 saturated heterocycles. The highest BCUT2D eigenvalue weighted by molar-refractivity contribution is 7.09. The van der Waals surface area contributed by atoms with Crippen LogP contribution in [0, 0.1) is 5.92 Å². The Morgan fingerprint density at radius 1 is 1.50 bits per heavy atom. The molecule has 1 aromatic rings. The van der Waals surface area contributed by atoms with Gasteiger partial charge in [-0.15, -0.1) is 11.3 Å². The first-order chi connectivity index (χ1) is 8.28. The molecule has 2 nitrogen and oxygen atoms in total. The van der Waals surface area contributed by atoms with Crippen molar-refractivity contribution in [1.82, 2.24) is 4.98 Å². The quantitative estimate of drug-likeness (QED) is 0.881. The van der Waals surface area contributed by atoms with Crippen LogP contribution >= 0.6 is 11.3 Å². The minimum atomic E-state index is -0.509. The molecule has 1 aliphatic carbocycles. The summed E-state index contributed by atoms with van der Waals surface area (Å²) in [4.78, 5) is 4.70. The SMILES string of the molecule is CC1CCCC(O)(Cc2nc(C(C)(C)C)cs2)C1. The average molecular weight is 267 g/mol. The van der Waals surface area contributed by atoms with Crippen LogP contribution in [0.3, 0.4) is 0 Å².